The molecule has 7 nitrogen and oxygen atoms in total. The second-order valence-electron chi connectivity index (χ2n) is 7.07. The van der Waals surface area contributed by atoms with Crippen LogP contribution in [0.15, 0.2) is 23.1 Å². The topological polar surface area (TPSA) is 97.3 Å². The van der Waals surface area contributed by atoms with Crippen molar-refractivity contribution in [1.82, 2.24) is 14.8 Å². The van der Waals surface area contributed by atoms with E-state index in [4.69, 9.17) is 0 Å². The molecule has 7 heteroatoms. The summed E-state index contributed by atoms with van der Waals surface area (Å²) in [6.07, 6.45) is 4.71. The zero-order valence-electron chi connectivity index (χ0n) is 15.0. The summed E-state index contributed by atoms with van der Waals surface area (Å²) in [6.45, 7) is 3.77. The van der Waals surface area contributed by atoms with Gasteiger partial charge in [-0.3, -0.25) is 14.4 Å². The Bertz CT molecular complexity index is 781. The van der Waals surface area contributed by atoms with Crippen molar-refractivity contribution in [2.24, 2.45) is 11.8 Å². The fraction of sp³-hybridized carbons (Fsp3) is 0.579. The molecule has 0 spiro atoms. The van der Waals surface area contributed by atoms with Gasteiger partial charge in [0.1, 0.15) is 5.92 Å². The molecule has 2 aliphatic heterocycles. The second kappa shape index (κ2) is 7.73. The van der Waals surface area contributed by atoms with Crippen LogP contribution >= 0.6 is 0 Å². The van der Waals surface area contributed by atoms with Gasteiger partial charge in [0.15, 0.2) is 0 Å². The predicted octanol–water partition coefficient (Wildman–Crippen LogP) is 1.38. The third-order valence-corrected chi connectivity index (χ3v) is 5.52. The maximum absolute atomic E-state index is 12.6. The van der Waals surface area contributed by atoms with Gasteiger partial charge in [0, 0.05) is 43.5 Å². The summed E-state index contributed by atoms with van der Waals surface area (Å²) in [6, 6.07) is 5.14. The molecule has 2 fully saturated rings. The molecule has 0 bridgehead atoms. The average molecular weight is 356 g/mol. The number of nitrogens with zero attached hydrogens (tertiary/aromatic N) is 3. The molecule has 3 rings (SSSR count). The molecular formula is C19H24N4O3. The Hall–Kier alpha value is -2.62. The van der Waals surface area contributed by atoms with Crippen LogP contribution in [0, 0.1) is 23.2 Å². The fourth-order valence-electron chi connectivity index (χ4n) is 4.12. The lowest BCUT2D eigenvalue weighted by atomic mass is 9.95. The zero-order valence-corrected chi connectivity index (χ0v) is 15.0. The Labute approximate surface area is 152 Å². The summed E-state index contributed by atoms with van der Waals surface area (Å²) < 4.78 is 0. The highest BCUT2D eigenvalue weighted by molar-refractivity contribution is 5.94. The van der Waals surface area contributed by atoms with Crippen molar-refractivity contribution in [2.45, 2.75) is 38.6 Å². The highest BCUT2D eigenvalue weighted by Crippen LogP contribution is 2.32. The van der Waals surface area contributed by atoms with E-state index >= 15 is 0 Å². The Morgan fingerprint density at radius 3 is 2.88 bits per heavy atom. The number of hydrogen-bond donors (Lipinski definition) is 1. The van der Waals surface area contributed by atoms with E-state index in [-0.39, 0.29) is 29.3 Å². The first-order chi connectivity index (χ1) is 12.5. The van der Waals surface area contributed by atoms with Gasteiger partial charge in [0.2, 0.25) is 11.5 Å². The number of H-pyrrole nitrogens is 1. The van der Waals surface area contributed by atoms with E-state index in [1.165, 1.54) is 12.3 Å². The lowest BCUT2D eigenvalue weighted by Gasteiger charge is -2.30. The van der Waals surface area contributed by atoms with Crippen LogP contribution in [-0.2, 0) is 4.79 Å². The van der Waals surface area contributed by atoms with Crippen LogP contribution in [0.2, 0.25) is 0 Å². The molecule has 1 N–H and O–H groups in total. The number of nitriles is 1. The maximum Gasteiger partial charge on any atom is 0.254 e. The van der Waals surface area contributed by atoms with E-state index in [9.17, 15) is 19.6 Å². The van der Waals surface area contributed by atoms with Gasteiger partial charge in [-0.2, -0.15) is 5.26 Å². The molecule has 2 amide bonds. The molecule has 2 saturated heterocycles. The van der Waals surface area contributed by atoms with E-state index < -0.39 is 5.92 Å². The van der Waals surface area contributed by atoms with Gasteiger partial charge in [-0.05, 0) is 37.7 Å². The number of hydrogen-bond acceptors (Lipinski definition) is 4. The molecule has 3 unspecified atom stereocenters. The first kappa shape index (κ1) is 18.2. The Balaban J connectivity index is 1.68. The van der Waals surface area contributed by atoms with Crippen molar-refractivity contribution in [3.63, 3.8) is 0 Å². The Morgan fingerprint density at radius 2 is 2.19 bits per heavy atom. The van der Waals surface area contributed by atoms with Gasteiger partial charge in [0.05, 0.1) is 6.07 Å². The quantitative estimate of drug-likeness (QED) is 0.881. The van der Waals surface area contributed by atoms with Gasteiger partial charge in [-0.25, -0.2) is 0 Å². The molecule has 26 heavy (non-hydrogen) atoms. The number of aromatic amines is 1. The summed E-state index contributed by atoms with van der Waals surface area (Å²) in [4.78, 5) is 42.8. The van der Waals surface area contributed by atoms with Gasteiger partial charge in [-0.1, -0.05) is 6.92 Å². The van der Waals surface area contributed by atoms with E-state index in [1.54, 1.807) is 11.0 Å². The largest absolute Gasteiger partial charge is 0.338 e. The molecule has 1 aromatic rings. The van der Waals surface area contributed by atoms with Gasteiger partial charge < -0.3 is 14.8 Å². The van der Waals surface area contributed by atoms with Gasteiger partial charge in [-0.15, -0.1) is 0 Å². The molecule has 0 saturated carbocycles. The third-order valence-electron chi connectivity index (χ3n) is 5.52. The number of rotatable bonds is 4. The van der Waals surface area contributed by atoms with Crippen molar-refractivity contribution in [3.05, 3.63) is 34.2 Å². The summed E-state index contributed by atoms with van der Waals surface area (Å²) in [5, 5.41) is 9.19. The van der Waals surface area contributed by atoms with Crippen LogP contribution in [0.3, 0.4) is 0 Å². The molecule has 3 heterocycles. The molecule has 3 atom stereocenters. The number of likely N-dealkylation sites (tertiary alicyclic amines) is 2. The number of carbonyl (C=O) groups is 2. The summed E-state index contributed by atoms with van der Waals surface area (Å²) in [7, 11) is 0. The molecular weight excluding hydrogens is 332 g/mol. The molecule has 138 valence electrons. The lowest BCUT2D eigenvalue weighted by molar-refractivity contribution is -0.135. The highest BCUT2D eigenvalue weighted by Gasteiger charge is 2.40. The van der Waals surface area contributed by atoms with E-state index in [0.717, 1.165) is 19.3 Å². The fourth-order valence-corrected chi connectivity index (χ4v) is 4.12. The Kier molecular flexibility index (Phi) is 5.40. The van der Waals surface area contributed by atoms with E-state index in [2.05, 4.69) is 11.1 Å². The van der Waals surface area contributed by atoms with Crippen molar-refractivity contribution < 1.29 is 9.59 Å². The van der Waals surface area contributed by atoms with Crippen LogP contribution in [0.1, 0.15) is 43.0 Å². The predicted molar refractivity (Wildman–Crippen MR) is 95.2 cm³/mol. The molecule has 2 aliphatic rings. The third kappa shape index (κ3) is 3.50. The summed E-state index contributed by atoms with van der Waals surface area (Å²) >= 11 is 0. The number of nitrogens with one attached hydrogen (secondary N) is 1. The summed E-state index contributed by atoms with van der Waals surface area (Å²) in [5.41, 5.74) is 0.102. The van der Waals surface area contributed by atoms with E-state index in [0.29, 0.717) is 31.6 Å². The summed E-state index contributed by atoms with van der Waals surface area (Å²) in [5.74, 6) is -0.566. The second-order valence-corrected chi connectivity index (χ2v) is 7.07. The first-order valence-corrected chi connectivity index (χ1v) is 9.23. The average Bonchev–Trinajstić information content (AvgIpc) is 3.31. The molecule has 0 radical (unpaired) electrons. The standard InChI is InChI=1S/C19H24N4O3/c1-2-13(11-20)19(26)23-8-3-4-16(23)15-6-9-22(12-15)18(25)14-5-7-21-17(24)10-14/h5,7,10,13,15-16H,2-4,6,8-9,12H2,1H3,(H,21,24). The van der Waals surface area contributed by atoms with Crippen molar-refractivity contribution in [1.29, 1.82) is 5.26 Å². The smallest absolute Gasteiger partial charge is 0.254 e. The highest BCUT2D eigenvalue weighted by atomic mass is 16.2. The van der Waals surface area contributed by atoms with Crippen molar-refractivity contribution in [3.8, 4) is 6.07 Å². The number of aromatic nitrogens is 1. The Morgan fingerprint density at radius 1 is 1.38 bits per heavy atom. The van der Waals surface area contributed by atoms with Crippen molar-refractivity contribution >= 4 is 11.8 Å². The minimum absolute atomic E-state index is 0.0723. The normalized spacial score (nSPS) is 23.7. The van der Waals surface area contributed by atoms with Crippen molar-refractivity contribution in [2.75, 3.05) is 19.6 Å². The molecule has 0 aliphatic carbocycles. The molecule has 1 aromatic heterocycles. The van der Waals surface area contributed by atoms with E-state index in [1.807, 2.05) is 11.8 Å². The minimum Gasteiger partial charge on any atom is -0.338 e. The SMILES string of the molecule is CCC(C#N)C(=O)N1CCCC1C1CCN(C(=O)c2cc[nH]c(=O)c2)C1. The lowest BCUT2D eigenvalue weighted by Crippen LogP contribution is -2.44. The maximum atomic E-state index is 12.6. The van der Waals surface area contributed by atoms with Crippen LogP contribution in [-0.4, -0.2) is 52.3 Å². The monoisotopic (exact) mass is 356 g/mol. The number of pyridine rings is 1. The zero-order chi connectivity index (χ0) is 18.7. The van der Waals surface area contributed by atoms with Crippen LogP contribution in [0.4, 0.5) is 0 Å². The molecule has 0 aromatic carbocycles. The minimum atomic E-state index is -0.578. The van der Waals surface area contributed by atoms with Crippen LogP contribution < -0.4 is 5.56 Å². The first-order valence-electron chi connectivity index (χ1n) is 9.23. The van der Waals surface area contributed by atoms with Gasteiger partial charge in [0.25, 0.3) is 5.91 Å². The number of amides is 2. The van der Waals surface area contributed by atoms with Crippen LogP contribution in [0.5, 0.6) is 0 Å². The number of carbonyl (C=O) groups excluding carboxylic acids is 2. The van der Waals surface area contributed by atoms with Crippen LogP contribution in [0.25, 0.3) is 0 Å². The van der Waals surface area contributed by atoms with Gasteiger partial charge >= 0.3 is 0 Å².